The topological polar surface area (TPSA) is 49.6 Å². The van der Waals surface area contributed by atoms with Crippen molar-refractivity contribution in [1.82, 2.24) is 9.80 Å². The molecule has 4 nitrogen and oxygen atoms in total. The smallest absolute Gasteiger partial charge is 0.222 e. The van der Waals surface area contributed by atoms with Gasteiger partial charge in [0, 0.05) is 45.2 Å². The van der Waals surface area contributed by atoms with Crippen molar-refractivity contribution in [2.75, 3.05) is 19.6 Å². The Hall–Kier alpha value is -1.39. The van der Waals surface area contributed by atoms with E-state index in [-0.39, 0.29) is 0 Å². The molecule has 19 heavy (non-hydrogen) atoms. The van der Waals surface area contributed by atoms with Gasteiger partial charge in [-0.25, -0.2) is 0 Å². The summed E-state index contributed by atoms with van der Waals surface area (Å²) in [5.74, 6) is 0.340. The van der Waals surface area contributed by atoms with Crippen molar-refractivity contribution in [1.29, 1.82) is 0 Å². The fraction of sp³-hybridized carbons (Fsp3) is 0.533. The van der Waals surface area contributed by atoms with Gasteiger partial charge in [0.2, 0.25) is 5.91 Å². The highest BCUT2D eigenvalue weighted by Crippen LogP contribution is 2.24. The maximum atomic E-state index is 11.7. The van der Waals surface area contributed by atoms with E-state index in [1.807, 2.05) is 6.07 Å². The summed E-state index contributed by atoms with van der Waals surface area (Å²) >= 11 is 0. The number of carbonyl (C=O) groups excluding carboxylic acids is 1. The number of amides is 1. The van der Waals surface area contributed by atoms with Crippen LogP contribution in [0.4, 0.5) is 0 Å². The molecule has 0 aromatic heterocycles. The SMILES string of the molecule is NCc1ccccc1CN1CCN2C(=O)CCC2C1. The van der Waals surface area contributed by atoms with Crippen molar-refractivity contribution in [3.63, 3.8) is 0 Å². The number of benzene rings is 1. The molecule has 4 heteroatoms. The van der Waals surface area contributed by atoms with E-state index < -0.39 is 0 Å². The van der Waals surface area contributed by atoms with Gasteiger partial charge in [-0.3, -0.25) is 9.69 Å². The summed E-state index contributed by atoms with van der Waals surface area (Å²) in [5.41, 5.74) is 8.34. The van der Waals surface area contributed by atoms with Gasteiger partial charge < -0.3 is 10.6 Å². The summed E-state index contributed by atoms with van der Waals surface area (Å²) in [6, 6.07) is 8.81. The Balaban J connectivity index is 1.67. The van der Waals surface area contributed by atoms with Crippen LogP contribution in [-0.2, 0) is 17.9 Å². The summed E-state index contributed by atoms with van der Waals surface area (Å²) in [7, 11) is 0. The van der Waals surface area contributed by atoms with Gasteiger partial charge in [0.25, 0.3) is 0 Å². The van der Waals surface area contributed by atoms with Gasteiger partial charge >= 0.3 is 0 Å². The first-order valence-electron chi connectivity index (χ1n) is 7.06. The lowest BCUT2D eigenvalue weighted by Crippen LogP contribution is -2.51. The summed E-state index contributed by atoms with van der Waals surface area (Å²) in [4.78, 5) is 16.2. The van der Waals surface area contributed by atoms with Crippen molar-refractivity contribution in [3.8, 4) is 0 Å². The van der Waals surface area contributed by atoms with Gasteiger partial charge in [0.15, 0.2) is 0 Å². The molecule has 0 aliphatic carbocycles. The first-order chi connectivity index (χ1) is 9.28. The number of fused-ring (bicyclic) bond motifs is 1. The number of hydrogen-bond donors (Lipinski definition) is 1. The van der Waals surface area contributed by atoms with Crippen LogP contribution in [-0.4, -0.2) is 41.4 Å². The van der Waals surface area contributed by atoms with Crippen molar-refractivity contribution >= 4 is 5.91 Å². The molecule has 1 aromatic carbocycles. The first kappa shape index (κ1) is 12.6. The fourth-order valence-electron chi connectivity index (χ4n) is 3.22. The monoisotopic (exact) mass is 259 g/mol. The third-order valence-corrected chi connectivity index (χ3v) is 4.31. The van der Waals surface area contributed by atoms with Gasteiger partial charge in [0.1, 0.15) is 0 Å². The highest BCUT2D eigenvalue weighted by Gasteiger charge is 2.35. The van der Waals surface area contributed by atoms with E-state index in [1.165, 1.54) is 11.1 Å². The van der Waals surface area contributed by atoms with Crippen LogP contribution in [0.3, 0.4) is 0 Å². The molecule has 2 aliphatic heterocycles. The van der Waals surface area contributed by atoms with Gasteiger partial charge in [-0.2, -0.15) is 0 Å². The first-order valence-corrected chi connectivity index (χ1v) is 7.06. The lowest BCUT2D eigenvalue weighted by molar-refractivity contribution is -0.130. The lowest BCUT2D eigenvalue weighted by Gasteiger charge is -2.37. The number of piperazine rings is 1. The third kappa shape index (κ3) is 2.51. The average Bonchev–Trinajstić information content (AvgIpc) is 2.81. The maximum absolute atomic E-state index is 11.7. The van der Waals surface area contributed by atoms with Crippen LogP contribution in [0, 0.1) is 0 Å². The predicted molar refractivity (Wildman–Crippen MR) is 74.3 cm³/mol. The second kappa shape index (κ2) is 5.31. The zero-order chi connectivity index (χ0) is 13.2. The van der Waals surface area contributed by atoms with Crippen molar-refractivity contribution in [2.24, 2.45) is 5.73 Å². The van der Waals surface area contributed by atoms with E-state index in [9.17, 15) is 4.79 Å². The number of rotatable bonds is 3. The van der Waals surface area contributed by atoms with E-state index in [0.29, 0.717) is 18.5 Å². The Morgan fingerprint density at radius 3 is 2.79 bits per heavy atom. The summed E-state index contributed by atoms with van der Waals surface area (Å²) in [6.45, 7) is 4.41. The van der Waals surface area contributed by atoms with E-state index >= 15 is 0 Å². The van der Waals surface area contributed by atoms with E-state index in [4.69, 9.17) is 5.73 Å². The molecule has 2 N–H and O–H groups in total. The van der Waals surface area contributed by atoms with Crippen LogP contribution >= 0.6 is 0 Å². The average molecular weight is 259 g/mol. The minimum Gasteiger partial charge on any atom is -0.337 e. The zero-order valence-corrected chi connectivity index (χ0v) is 11.2. The highest BCUT2D eigenvalue weighted by molar-refractivity contribution is 5.78. The maximum Gasteiger partial charge on any atom is 0.222 e. The molecule has 1 atom stereocenters. The molecule has 2 saturated heterocycles. The minimum atomic E-state index is 0.340. The Morgan fingerprint density at radius 1 is 1.21 bits per heavy atom. The Bertz CT molecular complexity index is 474. The summed E-state index contributed by atoms with van der Waals surface area (Å²) < 4.78 is 0. The van der Waals surface area contributed by atoms with Crippen molar-refractivity contribution < 1.29 is 4.79 Å². The zero-order valence-electron chi connectivity index (χ0n) is 11.2. The molecule has 102 valence electrons. The molecule has 1 amide bonds. The van der Waals surface area contributed by atoms with Gasteiger partial charge in [-0.05, 0) is 17.5 Å². The number of nitrogens with two attached hydrogens (primary N) is 1. The number of hydrogen-bond acceptors (Lipinski definition) is 3. The van der Waals surface area contributed by atoms with Gasteiger partial charge in [-0.1, -0.05) is 24.3 Å². The van der Waals surface area contributed by atoms with Gasteiger partial charge in [-0.15, -0.1) is 0 Å². The molecular formula is C15H21N3O. The number of carbonyl (C=O) groups is 1. The fourth-order valence-corrected chi connectivity index (χ4v) is 3.22. The highest BCUT2D eigenvalue weighted by atomic mass is 16.2. The summed E-state index contributed by atoms with van der Waals surface area (Å²) in [5, 5.41) is 0. The van der Waals surface area contributed by atoms with E-state index in [1.54, 1.807) is 0 Å². The van der Waals surface area contributed by atoms with Crippen LogP contribution in [0.15, 0.2) is 24.3 Å². The van der Waals surface area contributed by atoms with Crippen LogP contribution < -0.4 is 5.73 Å². The molecule has 2 fully saturated rings. The molecule has 2 heterocycles. The third-order valence-electron chi connectivity index (χ3n) is 4.31. The van der Waals surface area contributed by atoms with Crippen LogP contribution in [0.2, 0.25) is 0 Å². The van der Waals surface area contributed by atoms with E-state index in [0.717, 1.165) is 39.0 Å². The standard InChI is InChI=1S/C15H21N3O/c16-9-12-3-1-2-4-13(12)10-17-7-8-18-14(11-17)5-6-15(18)19/h1-4,14H,5-11,16H2. The van der Waals surface area contributed by atoms with Gasteiger partial charge in [0.05, 0.1) is 0 Å². The van der Waals surface area contributed by atoms with Crippen molar-refractivity contribution in [3.05, 3.63) is 35.4 Å². The lowest BCUT2D eigenvalue weighted by atomic mass is 10.1. The molecule has 3 rings (SSSR count). The molecule has 0 bridgehead atoms. The molecule has 2 aliphatic rings. The second-order valence-electron chi connectivity index (χ2n) is 5.49. The Labute approximate surface area is 114 Å². The van der Waals surface area contributed by atoms with Crippen LogP contribution in [0.1, 0.15) is 24.0 Å². The Morgan fingerprint density at radius 2 is 2.00 bits per heavy atom. The molecular weight excluding hydrogens is 238 g/mol. The van der Waals surface area contributed by atoms with Crippen LogP contribution in [0.25, 0.3) is 0 Å². The van der Waals surface area contributed by atoms with Crippen molar-refractivity contribution in [2.45, 2.75) is 32.0 Å². The predicted octanol–water partition coefficient (Wildman–Crippen LogP) is 0.952. The summed E-state index contributed by atoms with van der Waals surface area (Å²) in [6.07, 6.45) is 1.76. The molecule has 1 aromatic rings. The molecule has 0 saturated carbocycles. The minimum absolute atomic E-state index is 0.340. The quantitative estimate of drug-likeness (QED) is 0.879. The largest absolute Gasteiger partial charge is 0.337 e. The number of nitrogens with zero attached hydrogens (tertiary/aromatic N) is 2. The molecule has 0 radical (unpaired) electrons. The molecule has 1 unspecified atom stereocenters. The second-order valence-corrected chi connectivity index (χ2v) is 5.49. The normalized spacial score (nSPS) is 23.7. The Kier molecular flexibility index (Phi) is 3.53. The van der Waals surface area contributed by atoms with Crippen LogP contribution in [0.5, 0.6) is 0 Å². The van der Waals surface area contributed by atoms with E-state index in [2.05, 4.69) is 28.0 Å². The molecule has 0 spiro atoms.